The van der Waals surface area contributed by atoms with Gasteiger partial charge in [0.1, 0.15) is 0 Å². The van der Waals surface area contributed by atoms with Crippen molar-refractivity contribution in [3.8, 4) is 0 Å². The van der Waals surface area contributed by atoms with Crippen LogP contribution in [0.25, 0.3) is 0 Å². The second-order valence-electron chi connectivity index (χ2n) is 4.75. The number of methoxy groups -OCH3 is 1. The predicted molar refractivity (Wildman–Crippen MR) is 76.8 cm³/mol. The molecule has 1 aliphatic rings. The van der Waals surface area contributed by atoms with E-state index in [0.717, 1.165) is 19.3 Å². The molecule has 6 heteroatoms. The van der Waals surface area contributed by atoms with Gasteiger partial charge in [-0.1, -0.05) is 30.2 Å². The Bertz CT molecular complexity index is 507. The maximum Gasteiger partial charge on any atom is 0.319 e. The monoisotopic (exact) mass is 296 g/mol. The summed E-state index contributed by atoms with van der Waals surface area (Å²) in [6.45, 7) is 0. The molecule has 2 rings (SSSR count). The number of para-hydroxylation sites is 1. The minimum atomic E-state index is -0.362. The van der Waals surface area contributed by atoms with Crippen LogP contribution in [0.3, 0.4) is 0 Å². The van der Waals surface area contributed by atoms with Gasteiger partial charge in [-0.25, -0.2) is 4.79 Å². The van der Waals surface area contributed by atoms with Crippen LogP contribution in [0.1, 0.15) is 19.3 Å². The highest BCUT2D eigenvalue weighted by Crippen LogP contribution is 2.27. The SMILES string of the molecule is COC(=O)C1CCCC1NC(=O)Nc1ccccc1Cl. The number of anilines is 1. The van der Waals surface area contributed by atoms with Crippen molar-refractivity contribution in [1.82, 2.24) is 5.32 Å². The third-order valence-electron chi connectivity index (χ3n) is 3.46. The number of hydrogen-bond donors (Lipinski definition) is 2. The van der Waals surface area contributed by atoms with Gasteiger partial charge >= 0.3 is 12.0 Å². The molecule has 1 saturated carbocycles. The van der Waals surface area contributed by atoms with Crippen LogP contribution in [0.4, 0.5) is 10.5 Å². The van der Waals surface area contributed by atoms with Crippen molar-refractivity contribution < 1.29 is 14.3 Å². The molecule has 1 fully saturated rings. The van der Waals surface area contributed by atoms with Gasteiger partial charge in [0.25, 0.3) is 0 Å². The molecule has 2 atom stereocenters. The van der Waals surface area contributed by atoms with Gasteiger partial charge in [0.05, 0.1) is 23.7 Å². The molecule has 0 spiro atoms. The number of rotatable bonds is 3. The molecule has 2 unspecified atom stereocenters. The smallest absolute Gasteiger partial charge is 0.319 e. The molecule has 1 aromatic carbocycles. The average Bonchev–Trinajstić information content (AvgIpc) is 2.88. The van der Waals surface area contributed by atoms with Gasteiger partial charge in [0.15, 0.2) is 0 Å². The van der Waals surface area contributed by atoms with E-state index < -0.39 is 0 Å². The maximum atomic E-state index is 11.9. The number of carbonyl (C=O) groups is 2. The fourth-order valence-electron chi connectivity index (χ4n) is 2.46. The van der Waals surface area contributed by atoms with Crippen LogP contribution < -0.4 is 10.6 Å². The Balaban J connectivity index is 1.94. The lowest BCUT2D eigenvalue weighted by molar-refractivity contribution is -0.145. The zero-order chi connectivity index (χ0) is 14.5. The fourth-order valence-corrected chi connectivity index (χ4v) is 2.64. The summed E-state index contributed by atoms with van der Waals surface area (Å²) in [5.74, 6) is -0.539. The Morgan fingerprint density at radius 2 is 2.05 bits per heavy atom. The Labute approximate surface area is 122 Å². The highest BCUT2D eigenvalue weighted by molar-refractivity contribution is 6.33. The Morgan fingerprint density at radius 3 is 2.75 bits per heavy atom. The van der Waals surface area contributed by atoms with Crippen LogP contribution in [-0.4, -0.2) is 25.2 Å². The Morgan fingerprint density at radius 1 is 1.30 bits per heavy atom. The molecule has 0 radical (unpaired) electrons. The van der Waals surface area contributed by atoms with E-state index in [0.29, 0.717) is 10.7 Å². The molecule has 20 heavy (non-hydrogen) atoms. The molecular weight excluding hydrogens is 280 g/mol. The van der Waals surface area contributed by atoms with Gasteiger partial charge in [0.2, 0.25) is 0 Å². The van der Waals surface area contributed by atoms with E-state index in [9.17, 15) is 9.59 Å². The van der Waals surface area contributed by atoms with Gasteiger partial charge in [-0.05, 0) is 25.0 Å². The molecule has 2 amide bonds. The van der Waals surface area contributed by atoms with Crippen molar-refractivity contribution in [3.05, 3.63) is 29.3 Å². The van der Waals surface area contributed by atoms with Crippen molar-refractivity contribution in [3.63, 3.8) is 0 Å². The first-order chi connectivity index (χ1) is 9.61. The van der Waals surface area contributed by atoms with E-state index in [-0.39, 0.29) is 24.0 Å². The molecule has 0 aromatic heterocycles. The normalized spacial score (nSPS) is 21.3. The largest absolute Gasteiger partial charge is 0.469 e. The van der Waals surface area contributed by atoms with Crippen molar-refractivity contribution in [2.45, 2.75) is 25.3 Å². The molecule has 0 aliphatic heterocycles. The summed E-state index contributed by atoms with van der Waals surface area (Å²) in [5.41, 5.74) is 0.541. The van der Waals surface area contributed by atoms with E-state index >= 15 is 0 Å². The summed E-state index contributed by atoms with van der Waals surface area (Å²) in [6.07, 6.45) is 2.41. The van der Waals surface area contributed by atoms with Crippen molar-refractivity contribution in [2.24, 2.45) is 5.92 Å². The first-order valence-corrected chi connectivity index (χ1v) is 6.89. The summed E-state index contributed by atoms with van der Waals surface area (Å²) in [4.78, 5) is 23.5. The van der Waals surface area contributed by atoms with E-state index in [2.05, 4.69) is 10.6 Å². The van der Waals surface area contributed by atoms with Gasteiger partial charge in [0, 0.05) is 6.04 Å². The van der Waals surface area contributed by atoms with Crippen LogP contribution in [-0.2, 0) is 9.53 Å². The number of hydrogen-bond acceptors (Lipinski definition) is 3. The summed E-state index contributed by atoms with van der Waals surface area (Å²) < 4.78 is 4.75. The first kappa shape index (κ1) is 14.7. The molecular formula is C14H17ClN2O3. The number of amides is 2. The lowest BCUT2D eigenvalue weighted by Gasteiger charge is -2.19. The number of halogens is 1. The number of ether oxygens (including phenoxy) is 1. The number of esters is 1. The van der Waals surface area contributed by atoms with Crippen molar-refractivity contribution in [2.75, 3.05) is 12.4 Å². The Hall–Kier alpha value is -1.75. The molecule has 5 nitrogen and oxygen atoms in total. The lowest BCUT2D eigenvalue weighted by atomic mass is 10.0. The highest BCUT2D eigenvalue weighted by atomic mass is 35.5. The van der Waals surface area contributed by atoms with Crippen LogP contribution in [0.2, 0.25) is 5.02 Å². The van der Waals surface area contributed by atoms with Gasteiger partial charge in [-0.3, -0.25) is 4.79 Å². The van der Waals surface area contributed by atoms with Crippen LogP contribution in [0, 0.1) is 5.92 Å². The minimum Gasteiger partial charge on any atom is -0.469 e. The van der Waals surface area contributed by atoms with Crippen LogP contribution in [0.5, 0.6) is 0 Å². The molecule has 0 bridgehead atoms. The number of carbonyl (C=O) groups excluding carboxylic acids is 2. The van der Waals surface area contributed by atoms with E-state index in [1.807, 2.05) is 0 Å². The third kappa shape index (κ3) is 3.42. The molecule has 0 saturated heterocycles. The Kier molecular flexibility index (Phi) is 4.84. The second kappa shape index (κ2) is 6.61. The highest BCUT2D eigenvalue weighted by Gasteiger charge is 2.34. The quantitative estimate of drug-likeness (QED) is 0.843. The summed E-state index contributed by atoms with van der Waals surface area (Å²) in [5, 5.41) is 5.96. The fraction of sp³-hybridized carbons (Fsp3) is 0.429. The molecule has 0 heterocycles. The van der Waals surface area contributed by atoms with Crippen molar-refractivity contribution >= 4 is 29.3 Å². The van der Waals surface area contributed by atoms with E-state index in [1.165, 1.54) is 7.11 Å². The van der Waals surface area contributed by atoms with E-state index in [1.54, 1.807) is 24.3 Å². The van der Waals surface area contributed by atoms with Gasteiger partial charge in [-0.15, -0.1) is 0 Å². The molecule has 108 valence electrons. The molecule has 2 N–H and O–H groups in total. The first-order valence-electron chi connectivity index (χ1n) is 6.51. The summed E-state index contributed by atoms with van der Waals surface area (Å²) >= 11 is 5.97. The third-order valence-corrected chi connectivity index (χ3v) is 3.79. The topological polar surface area (TPSA) is 67.4 Å². The summed E-state index contributed by atoms with van der Waals surface area (Å²) in [7, 11) is 1.36. The minimum absolute atomic E-state index is 0.190. The lowest BCUT2D eigenvalue weighted by Crippen LogP contribution is -2.42. The molecule has 1 aromatic rings. The average molecular weight is 297 g/mol. The zero-order valence-corrected chi connectivity index (χ0v) is 11.9. The standard InChI is InChI=1S/C14H17ClN2O3/c1-20-13(18)9-5-4-8-11(9)16-14(19)17-12-7-3-2-6-10(12)15/h2-3,6-7,9,11H,4-5,8H2,1H3,(H2,16,17,19). The number of benzene rings is 1. The van der Waals surface area contributed by atoms with Crippen molar-refractivity contribution in [1.29, 1.82) is 0 Å². The van der Waals surface area contributed by atoms with Crippen LogP contribution in [0.15, 0.2) is 24.3 Å². The maximum absolute atomic E-state index is 11.9. The zero-order valence-electron chi connectivity index (χ0n) is 11.2. The van der Waals surface area contributed by atoms with Gasteiger partial charge in [-0.2, -0.15) is 0 Å². The predicted octanol–water partition coefficient (Wildman–Crippen LogP) is 2.80. The van der Waals surface area contributed by atoms with E-state index in [4.69, 9.17) is 16.3 Å². The second-order valence-corrected chi connectivity index (χ2v) is 5.15. The number of nitrogens with one attached hydrogen (secondary N) is 2. The van der Waals surface area contributed by atoms with Gasteiger partial charge < -0.3 is 15.4 Å². The molecule has 1 aliphatic carbocycles. The number of urea groups is 1. The van der Waals surface area contributed by atoms with Crippen LogP contribution >= 0.6 is 11.6 Å². The summed E-state index contributed by atoms with van der Waals surface area (Å²) in [6, 6.07) is 6.44.